The Bertz CT molecular complexity index is 629. The van der Waals surface area contributed by atoms with Crippen LogP contribution in [0.3, 0.4) is 0 Å². The van der Waals surface area contributed by atoms with Crippen molar-refractivity contribution in [3.05, 3.63) is 65.7 Å². The van der Waals surface area contributed by atoms with Gasteiger partial charge in [0.15, 0.2) is 11.5 Å². The van der Waals surface area contributed by atoms with Crippen LogP contribution in [0.5, 0.6) is 11.5 Å². The predicted molar refractivity (Wildman–Crippen MR) is 75.4 cm³/mol. The summed E-state index contributed by atoms with van der Waals surface area (Å²) in [5, 5.41) is 18.5. The maximum atomic E-state index is 11.8. The normalized spacial score (nSPS) is 10.0. The molecule has 0 spiro atoms. The smallest absolute Gasteiger partial charge is 0.338 e. The zero-order valence-corrected chi connectivity index (χ0v) is 10.7. The summed E-state index contributed by atoms with van der Waals surface area (Å²) >= 11 is 0. The number of hydrogen-bond donors (Lipinski definition) is 2. The van der Waals surface area contributed by atoms with E-state index in [1.54, 1.807) is 6.08 Å². The number of benzene rings is 2. The molecule has 4 nitrogen and oxygen atoms in total. The van der Waals surface area contributed by atoms with E-state index in [1.807, 2.05) is 24.3 Å². The third-order valence-electron chi connectivity index (χ3n) is 2.80. The van der Waals surface area contributed by atoms with Crippen LogP contribution in [0, 0.1) is 0 Å². The van der Waals surface area contributed by atoms with Crippen LogP contribution in [0.4, 0.5) is 0 Å². The molecule has 0 aliphatic rings. The second-order valence-corrected chi connectivity index (χ2v) is 4.23. The van der Waals surface area contributed by atoms with Gasteiger partial charge in [0, 0.05) is 0 Å². The van der Waals surface area contributed by atoms with Crippen LogP contribution in [0.1, 0.15) is 21.5 Å². The van der Waals surface area contributed by atoms with Gasteiger partial charge in [-0.25, -0.2) is 4.79 Å². The number of phenols is 2. The molecule has 0 fully saturated rings. The van der Waals surface area contributed by atoms with Gasteiger partial charge in [-0.3, -0.25) is 0 Å². The maximum Gasteiger partial charge on any atom is 0.338 e. The number of carbonyl (C=O) groups excluding carboxylic acids is 1. The first-order valence-corrected chi connectivity index (χ1v) is 6.00. The Kier molecular flexibility index (Phi) is 4.05. The summed E-state index contributed by atoms with van der Waals surface area (Å²) in [7, 11) is 0. The molecule has 0 saturated heterocycles. The number of rotatable bonds is 4. The molecule has 2 rings (SSSR count). The molecule has 0 atom stereocenters. The lowest BCUT2D eigenvalue weighted by Crippen LogP contribution is -2.05. The zero-order chi connectivity index (χ0) is 14.5. The average Bonchev–Trinajstić information content (AvgIpc) is 2.48. The van der Waals surface area contributed by atoms with Crippen LogP contribution >= 0.6 is 0 Å². The minimum absolute atomic E-state index is 0.137. The number of hydrogen-bond acceptors (Lipinski definition) is 4. The summed E-state index contributed by atoms with van der Waals surface area (Å²) < 4.78 is 5.12. The van der Waals surface area contributed by atoms with E-state index in [1.165, 1.54) is 18.2 Å². The Hall–Kier alpha value is -2.75. The number of aromatic hydroxyl groups is 2. The van der Waals surface area contributed by atoms with Crippen LogP contribution in [-0.4, -0.2) is 16.2 Å². The highest BCUT2D eigenvalue weighted by atomic mass is 16.5. The monoisotopic (exact) mass is 270 g/mol. The van der Waals surface area contributed by atoms with Gasteiger partial charge in [-0.2, -0.15) is 0 Å². The van der Waals surface area contributed by atoms with E-state index in [9.17, 15) is 15.0 Å². The molecule has 20 heavy (non-hydrogen) atoms. The quantitative estimate of drug-likeness (QED) is 0.661. The Morgan fingerprint density at radius 3 is 2.40 bits per heavy atom. The van der Waals surface area contributed by atoms with Crippen molar-refractivity contribution in [2.45, 2.75) is 6.61 Å². The number of esters is 1. The average molecular weight is 270 g/mol. The van der Waals surface area contributed by atoms with E-state index in [2.05, 4.69) is 6.58 Å². The van der Waals surface area contributed by atoms with Crippen molar-refractivity contribution in [1.29, 1.82) is 0 Å². The van der Waals surface area contributed by atoms with E-state index < -0.39 is 5.97 Å². The van der Waals surface area contributed by atoms with Crippen molar-refractivity contribution in [2.75, 3.05) is 0 Å². The highest BCUT2D eigenvalue weighted by Gasteiger charge is 2.10. The molecule has 0 aliphatic carbocycles. The topological polar surface area (TPSA) is 66.8 Å². The van der Waals surface area contributed by atoms with E-state index >= 15 is 0 Å². The van der Waals surface area contributed by atoms with Gasteiger partial charge in [0.2, 0.25) is 0 Å². The Labute approximate surface area is 116 Å². The van der Waals surface area contributed by atoms with Crippen LogP contribution < -0.4 is 0 Å². The van der Waals surface area contributed by atoms with Crippen molar-refractivity contribution >= 4 is 12.0 Å². The molecule has 4 heteroatoms. The van der Waals surface area contributed by atoms with Gasteiger partial charge in [0.05, 0.1) is 5.56 Å². The summed E-state index contributed by atoms with van der Waals surface area (Å²) in [4.78, 5) is 11.8. The van der Waals surface area contributed by atoms with Gasteiger partial charge in [-0.1, -0.05) is 36.9 Å². The first-order valence-electron chi connectivity index (χ1n) is 6.00. The Morgan fingerprint density at radius 1 is 1.10 bits per heavy atom. The minimum Gasteiger partial charge on any atom is -0.504 e. The molecule has 0 radical (unpaired) electrons. The first kappa shape index (κ1) is 13.7. The van der Waals surface area contributed by atoms with Gasteiger partial charge in [-0.15, -0.1) is 0 Å². The SMILES string of the molecule is C=Cc1ccc(COC(=O)c2ccc(O)c(O)c2)cc1. The maximum absolute atomic E-state index is 11.8. The van der Waals surface area contributed by atoms with E-state index in [0.29, 0.717) is 0 Å². The molecule has 0 aromatic heterocycles. The molecule has 102 valence electrons. The Morgan fingerprint density at radius 2 is 1.80 bits per heavy atom. The zero-order valence-electron chi connectivity index (χ0n) is 10.7. The molecule has 0 amide bonds. The van der Waals surface area contributed by atoms with E-state index in [4.69, 9.17) is 4.74 Å². The molecule has 2 aromatic carbocycles. The second-order valence-electron chi connectivity index (χ2n) is 4.23. The Balaban J connectivity index is 2.00. The minimum atomic E-state index is -0.562. The molecule has 0 aliphatic heterocycles. The van der Waals surface area contributed by atoms with Gasteiger partial charge in [-0.05, 0) is 29.3 Å². The number of ether oxygens (including phenoxy) is 1. The molecule has 0 bridgehead atoms. The lowest BCUT2D eigenvalue weighted by Gasteiger charge is -2.06. The second kappa shape index (κ2) is 5.93. The lowest BCUT2D eigenvalue weighted by atomic mass is 10.1. The number of carbonyl (C=O) groups is 1. The van der Waals surface area contributed by atoms with Crippen molar-refractivity contribution in [3.8, 4) is 11.5 Å². The fourth-order valence-corrected chi connectivity index (χ4v) is 1.63. The highest BCUT2D eigenvalue weighted by Crippen LogP contribution is 2.25. The molecule has 2 aromatic rings. The third kappa shape index (κ3) is 3.17. The van der Waals surface area contributed by atoms with Gasteiger partial charge >= 0.3 is 5.97 Å². The summed E-state index contributed by atoms with van der Waals surface area (Å²) in [5.74, 6) is -1.19. The van der Waals surface area contributed by atoms with Crippen LogP contribution in [0.2, 0.25) is 0 Å². The largest absolute Gasteiger partial charge is 0.504 e. The van der Waals surface area contributed by atoms with Crippen LogP contribution in [0.15, 0.2) is 49.0 Å². The molecule has 0 heterocycles. The first-order chi connectivity index (χ1) is 9.60. The fourth-order valence-electron chi connectivity index (χ4n) is 1.63. The summed E-state index contributed by atoms with van der Waals surface area (Å²) in [5.41, 5.74) is 2.03. The van der Waals surface area contributed by atoms with E-state index in [-0.39, 0.29) is 23.7 Å². The lowest BCUT2D eigenvalue weighted by molar-refractivity contribution is 0.0472. The standard InChI is InChI=1S/C16H14O4/c1-2-11-3-5-12(6-4-11)10-20-16(19)13-7-8-14(17)15(18)9-13/h2-9,17-18H,1,10H2. The molecule has 0 unspecified atom stereocenters. The van der Waals surface area contributed by atoms with Crippen molar-refractivity contribution in [2.24, 2.45) is 0 Å². The van der Waals surface area contributed by atoms with Crippen LogP contribution in [0.25, 0.3) is 6.08 Å². The molecular weight excluding hydrogens is 256 g/mol. The summed E-state index contributed by atoms with van der Waals surface area (Å²) in [6.45, 7) is 3.80. The van der Waals surface area contributed by atoms with Gasteiger partial charge in [0.1, 0.15) is 6.61 Å². The predicted octanol–water partition coefficient (Wildman–Crippen LogP) is 3.10. The summed E-state index contributed by atoms with van der Waals surface area (Å²) in [6.07, 6.45) is 1.73. The third-order valence-corrected chi connectivity index (χ3v) is 2.80. The highest BCUT2D eigenvalue weighted by molar-refractivity contribution is 5.90. The number of phenolic OH excluding ortho intramolecular Hbond substituents is 2. The van der Waals surface area contributed by atoms with Gasteiger partial charge in [0.25, 0.3) is 0 Å². The summed E-state index contributed by atoms with van der Waals surface area (Å²) in [6, 6.07) is 11.2. The van der Waals surface area contributed by atoms with E-state index in [0.717, 1.165) is 11.1 Å². The van der Waals surface area contributed by atoms with Crippen molar-refractivity contribution < 1.29 is 19.7 Å². The fraction of sp³-hybridized carbons (Fsp3) is 0.0625. The van der Waals surface area contributed by atoms with Gasteiger partial charge < -0.3 is 14.9 Å². The van der Waals surface area contributed by atoms with Crippen molar-refractivity contribution in [1.82, 2.24) is 0 Å². The molecule has 2 N–H and O–H groups in total. The molecular formula is C16H14O4. The van der Waals surface area contributed by atoms with Crippen molar-refractivity contribution in [3.63, 3.8) is 0 Å². The molecule has 0 saturated carbocycles. The van der Waals surface area contributed by atoms with Crippen LogP contribution in [-0.2, 0) is 11.3 Å².